The fourth-order valence-electron chi connectivity index (χ4n) is 2.26. The zero-order chi connectivity index (χ0) is 15.9. The molecule has 3 N–H and O–H groups in total. The second-order valence-corrected chi connectivity index (χ2v) is 5.30. The van der Waals surface area contributed by atoms with Gasteiger partial charge in [-0.25, -0.2) is 9.97 Å². The largest absolute Gasteiger partial charge is 0.393 e. The third-order valence-corrected chi connectivity index (χ3v) is 3.29. The Morgan fingerprint density at radius 1 is 1.27 bits per heavy atom. The molecular weight excluding hydrogens is 278 g/mol. The van der Waals surface area contributed by atoms with Crippen LogP contribution in [0.1, 0.15) is 12.5 Å². The van der Waals surface area contributed by atoms with E-state index < -0.39 is 0 Å². The molecule has 1 unspecified atom stereocenters. The van der Waals surface area contributed by atoms with Crippen LogP contribution in [0.25, 0.3) is 0 Å². The molecule has 1 atom stereocenters. The van der Waals surface area contributed by atoms with Crippen molar-refractivity contribution >= 4 is 17.3 Å². The first-order valence-corrected chi connectivity index (χ1v) is 7.22. The lowest BCUT2D eigenvalue weighted by molar-refractivity contribution is 0.190. The van der Waals surface area contributed by atoms with Crippen LogP contribution in [0.4, 0.5) is 17.3 Å². The highest BCUT2D eigenvalue weighted by Gasteiger charge is 2.14. The zero-order valence-electron chi connectivity index (χ0n) is 13.3. The molecule has 1 heterocycles. The Morgan fingerprint density at radius 3 is 2.68 bits per heavy atom. The normalized spacial score (nSPS) is 12.0. The molecule has 0 fully saturated rings. The minimum Gasteiger partial charge on any atom is -0.393 e. The number of nitrogens with one attached hydrogen (secondary N) is 1. The fraction of sp³-hybridized carbons (Fsp3) is 0.375. The van der Waals surface area contributed by atoms with E-state index in [1.54, 1.807) is 7.11 Å². The number of rotatable bonds is 7. The average molecular weight is 301 g/mol. The molecule has 2 aromatic rings. The van der Waals surface area contributed by atoms with Crippen LogP contribution in [0.15, 0.2) is 36.7 Å². The molecule has 22 heavy (non-hydrogen) atoms. The number of anilines is 3. The Kier molecular flexibility index (Phi) is 5.55. The van der Waals surface area contributed by atoms with E-state index in [0.29, 0.717) is 23.9 Å². The van der Waals surface area contributed by atoms with Crippen LogP contribution in [0.5, 0.6) is 0 Å². The van der Waals surface area contributed by atoms with Crippen LogP contribution < -0.4 is 16.0 Å². The molecule has 6 heteroatoms. The van der Waals surface area contributed by atoms with Gasteiger partial charge in [0.1, 0.15) is 12.0 Å². The zero-order valence-corrected chi connectivity index (χ0v) is 13.3. The lowest BCUT2D eigenvalue weighted by Gasteiger charge is -2.22. The maximum atomic E-state index is 6.21. The van der Waals surface area contributed by atoms with Crippen molar-refractivity contribution in [3.05, 3.63) is 42.2 Å². The first kappa shape index (κ1) is 16.0. The number of hydrogen-bond acceptors (Lipinski definition) is 6. The quantitative estimate of drug-likeness (QED) is 0.816. The molecule has 0 amide bonds. The number of nitrogens with zero attached hydrogens (tertiary/aromatic N) is 3. The van der Waals surface area contributed by atoms with Gasteiger partial charge in [0, 0.05) is 26.7 Å². The monoisotopic (exact) mass is 301 g/mol. The van der Waals surface area contributed by atoms with Crippen LogP contribution in [0.3, 0.4) is 0 Å². The van der Waals surface area contributed by atoms with Gasteiger partial charge in [-0.15, -0.1) is 0 Å². The fourth-order valence-corrected chi connectivity index (χ4v) is 2.26. The molecule has 0 aliphatic rings. The molecule has 0 aliphatic heterocycles. The third kappa shape index (κ3) is 4.08. The van der Waals surface area contributed by atoms with Gasteiger partial charge in [0.05, 0.1) is 6.61 Å². The van der Waals surface area contributed by atoms with E-state index in [1.807, 2.05) is 37.1 Å². The SMILES string of the molecule is COCC(C)Nc1ncnc(N(C)Cc2ccccc2)c1N. The molecule has 1 aromatic heterocycles. The summed E-state index contributed by atoms with van der Waals surface area (Å²) in [5.74, 6) is 1.35. The molecule has 0 bridgehead atoms. The van der Waals surface area contributed by atoms with Crippen molar-refractivity contribution in [1.29, 1.82) is 0 Å². The van der Waals surface area contributed by atoms with Crippen LogP contribution in [0.2, 0.25) is 0 Å². The van der Waals surface area contributed by atoms with Gasteiger partial charge < -0.3 is 20.7 Å². The highest BCUT2D eigenvalue weighted by atomic mass is 16.5. The lowest BCUT2D eigenvalue weighted by Crippen LogP contribution is -2.24. The minimum atomic E-state index is 0.120. The molecule has 6 nitrogen and oxygen atoms in total. The third-order valence-electron chi connectivity index (χ3n) is 3.29. The van der Waals surface area contributed by atoms with Gasteiger partial charge in [-0.3, -0.25) is 0 Å². The summed E-state index contributed by atoms with van der Waals surface area (Å²) in [5.41, 5.74) is 7.96. The molecule has 0 saturated carbocycles. The maximum Gasteiger partial charge on any atom is 0.157 e. The van der Waals surface area contributed by atoms with Crippen molar-refractivity contribution in [1.82, 2.24) is 9.97 Å². The summed E-state index contributed by atoms with van der Waals surface area (Å²) in [6.07, 6.45) is 1.52. The van der Waals surface area contributed by atoms with Gasteiger partial charge in [0.2, 0.25) is 0 Å². The first-order valence-electron chi connectivity index (χ1n) is 7.22. The Morgan fingerprint density at radius 2 is 2.00 bits per heavy atom. The second kappa shape index (κ2) is 7.61. The van der Waals surface area contributed by atoms with E-state index in [-0.39, 0.29) is 6.04 Å². The number of methoxy groups -OCH3 is 1. The highest BCUT2D eigenvalue weighted by Crippen LogP contribution is 2.26. The standard InChI is InChI=1S/C16H23N5O/c1-12(10-22-3)20-15-14(17)16(19-11-18-15)21(2)9-13-7-5-4-6-8-13/h4-8,11-12H,9-10,17H2,1-3H3,(H,18,19,20). The summed E-state index contributed by atoms with van der Waals surface area (Å²) >= 11 is 0. The van der Waals surface area contributed by atoms with Gasteiger partial charge >= 0.3 is 0 Å². The number of hydrogen-bond donors (Lipinski definition) is 2. The predicted molar refractivity (Wildman–Crippen MR) is 90.0 cm³/mol. The van der Waals surface area contributed by atoms with Crippen LogP contribution in [-0.2, 0) is 11.3 Å². The van der Waals surface area contributed by atoms with Gasteiger partial charge in [-0.2, -0.15) is 0 Å². The van der Waals surface area contributed by atoms with E-state index in [4.69, 9.17) is 10.5 Å². The molecule has 0 spiro atoms. The van der Waals surface area contributed by atoms with Crippen LogP contribution in [0, 0.1) is 0 Å². The Bertz CT molecular complexity index is 590. The maximum absolute atomic E-state index is 6.21. The molecule has 118 valence electrons. The molecule has 0 radical (unpaired) electrons. The number of nitrogens with two attached hydrogens (primary N) is 1. The molecular formula is C16H23N5O. The van der Waals surface area contributed by atoms with Gasteiger partial charge in [-0.05, 0) is 12.5 Å². The molecule has 1 aromatic carbocycles. The minimum absolute atomic E-state index is 0.120. The van der Waals surface area contributed by atoms with Gasteiger partial charge in [0.15, 0.2) is 11.6 Å². The smallest absolute Gasteiger partial charge is 0.157 e. The van der Waals surface area contributed by atoms with Crippen LogP contribution >= 0.6 is 0 Å². The summed E-state index contributed by atoms with van der Waals surface area (Å²) in [6.45, 7) is 3.33. The summed E-state index contributed by atoms with van der Waals surface area (Å²) in [4.78, 5) is 10.5. The Balaban J connectivity index is 2.13. The van der Waals surface area contributed by atoms with Crippen LogP contribution in [-0.4, -0.2) is 36.8 Å². The van der Waals surface area contributed by atoms with Crippen molar-refractivity contribution in [3.8, 4) is 0 Å². The second-order valence-electron chi connectivity index (χ2n) is 5.30. The number of benzene rings is 1. The Labute approximate surface area is 131 Å². The first-order chi connectivity index (χ1) is 10.6. The van der Waals surface area contributed by atoms with Gasteiger partial charge in [-0.1, -0.05) is 30.3 Å². The highest BCUT2D eigenvalue weighted by molar-refractivity contribution is 5.74. The Hall–Kier alpha value is -2.34. The van der Waals surface area contributed by atoms with Gasteiger partial charge in [0.25, 0.3) is 0 Å². The number of nitrogen functional groups attached to an aromatic ring is 1. The summed E-state index contributed by atoms with van der Waals surface area (Å²) in [7, 11) is 3.63. The van der Waals surface area contributed by atoms with Crippen molar-refractivity contribution in [2.24, 2.45) is 0 Å². The topological polar surface area (TPSA) is 76.3 Å². The summed E-state index contributed by atoms with van der Waals surface area (Å²) in [5, 5.41) is 3.24. The van der Waals surface area contributed by atoms with E-state index in [0.717, 1.165) is 6.54 Å². The molecule has 2 rings (SSSR count). The predicted octanol–water partition coefficient (Wildman–Crippen LogP) is 2.14. The summed E-state index contributed by atoms with van der Waals surface area (Å²) in [6, 6.07) is 10.3. The van der Waals surface area contributed by atoms with Crippen molar-refractivity contribution < 1.29 is 4.74 Å². The van der Waals surface area contributed by atoms with E-state index >= 15 is 0 Å². The van der Waals surface area contributed by atoms with Crippen molar-refractivity contribution in [3.63, 3.8) is 0 Å². The van der Waals surface area contributed by atoms with E-state index in [2.05, 4.69) is 27.4 Å². The van der Waals surface area contributed by atoms with Crippen molar-refractivity contribution in [2.45, 2.75) is 19.5 Å². The van der Waals surface area contributed by atoms with Crippen molar-refractivity contribution in [2.75, 3.05) is 36.7 Å². The molecule has 0 saturated heterocycles. The lowest BCUT2D eigenvalue weighted by atomic mass is 10.2. The van der Waals surface area contributed by atoms with E-state index in [9.17, 15) is 0 Å². The molecule has 0 aliphatic carbocycles. The van der Waals surface area contributed by atoms with E-state index in [1.165, 1.54) is 11.9 Å². The number of aromatic nitrogens is 2. The average Bonchev–Trinajstić information content (AvgIpc) is 2.50. The number of ether oxygens (including phenoxy) is 1. The summed E-state index contributed by atoms with van der Waals surface area (Å²) < 4.78 is 5.12.